The summed E-state index contributed by atoms with van der Waals surface area (Å²) in [5.41, 5.74) is 2.12. The van der Waals surface area contributed by atoms with Crippen LogP contribution in [0, 0.1) is 0 Å². The van der Waals surface area contributed by atoms with Crippen LogP contribution in [0.25, 0.3) is 0 Å². The molecule has 1 aliphatic heterocycles. The van der Waals surface area contributed by atoms with Gasteiger partial charge in [-0.1, -0.05) is 22.9 Å². The number of amides is 1. The summed E-state index contributed by atoms with van der Waals surface area (Å²) in [7, 11) is 0. The van der Waals surface area contributed by atoms with Gasteiger partial charge in [0.25, 0.3) is 0 Å². The Morgan fingerprint density at radius 3 is 2.93 bits per heavy atom. The summed E-state index contributed by atoms with van der Waals surface area (Å²) in [6.07, 6.45) is 0.658. The van der Waals surface area contributed by atoms with Gasteiger partial charge in [0, 0.05) is 4.47 Å². The van der Waals surface area contributed by atoms with Crippen LogP contribution in [0.15, 0.2) is 22.7 Å². The first kappa shape index (κ1) is 10.5. The standard InChI is InChI=1S/C11H12BrNO2/c1-2-8-7-9(12)3-4-10(8)13-5-6-15-11(13)14/h3-4,7H,2,5-6H2,1H3. The maximum absolute atomic E-state index is 11.4. The number of cyclic esters (lactones) is 1. The Morgan fingerprint density at radius 1 is 1.53 bits per heavy atom. The Hall–Kier alpha value is -1.03. The van der Waals surface area contributed by atoms with Crippen molar-refractivity contribution in [1.29, 1.82) is 0 Å². The monoisotopic (exact) mass is 269 g/mol. The fourth-order valence-corrected chi connectivity index (χ4v) is 2.12. The van der Waals surface area contributed by atoms with Gasteiger partial charge in [-0.15, -0.1) is 0 Å². The second kappa shape index (κ2) is 4.23. The topological polar surface area (TPSA) is 29.5 Å². The maximum atomic E-state index is 11.4. The van der Waals surface area contributed by atoms with Crippen LogP contribution < -0.4 is 4.90 Å². The van der Waals surface area contributed by atoms with Crippen LogP contribution in [0.3, 0.4) is 0 Å². The van der Waals surface area contributed by atoms with Crippen molar-refractivity contribution in [3.8, 4) is 0 Å². The van der Waals surface area contributed by atoms with Crippen LogP contribution in [0.5, 0.6) is 0 Å². The molecule has 3 nitrogen and oxygen atoms in total. The predicted molar refractivity (Wildman–Crippen MR) is 62.2 cm³/mol. The van der Waals surface area contributed by atoms with Crippen LogP contribution in [-0.4, -0.2) is 19.2 Å². The molecular weight excluding hydrogens is 258 g/mol. The van der Waals surface area contributed by atoms with Crippen molar-refractivity contribution in [2.24, 2.45) is 0 Å². The zero-order valence-electron chi connectivity index (χ0n) is 8.50. The summed E-state index contributed by atoms with van der Waals surface area (Å²) in [5, 5.41) is 0. The first-order chi connectivity index (χ1) is 7.22. The highest BCUT2D eigenvalue weighted by molar-refractivity contribution is 9.10. The van der Waals surface area contributed by atoms with E-state index in [1.165, 1.54) is 0 Å². The van der Waals surface area contributed by atoms with Crippen molar-refractivity contribution >= 4 is 27.7 Å². The van der Waals surface area contributed by atoms with Gasteiger partial charge in [0.2, 0.25) is 0 Å². The lowest BCUT2D eigenvalue weighted by Gasteiger charge is -2.16. The van der Waals surface area contributed by atoms with Gasteiger partial charge in [0.05, 0.1) is 12.2 Å². The van der Waals surface area contributed by atoms with E-state index in [9.17, 15) is 4.79 Å². The fourth-order valence-electron chi connectivity index (χ4n) is 1.71. The summed E-state index contributed by atoms with van der Waals surface area (Å²) in [5.74, 6) is 0. The molecular formula is C11H12BrNO2. The third kappa shape index (κ3) is 2.00. The van der Waals surface area contributed by atoms with E-state index in [-0.39, 0.29) is 6.09 Å². The van der Waals surface area contributed by atoms with Gasteiger partial charge in [0.15, 0.2) is 0 Å². The summed E-state index contributed by atoms with van der Waals surface area (Å²) in [6, 6.07) is 5.94. The quantitative estimate of drug-likeness (QED) is 0.826. The molecule has 1 aliphatic rings. The zero-order valence-corrected chi connectivity index (χ0v) is 10.1. The molecule has 0 spiro atoms. The Bertz CT molecular complexity index is 392. The Morgan fingerprint density at radius 2 is 2.33 bits per heavy atom. The van der Waals surface area contributed by atoms with E-state index < -0.39 is 0 Å². The highest BCUT2D eigenvalue weighted by Crippen LogP contribution is 2.27. The van der Waals surface area contributed by atoms with Gasteiger partial charge in [-0.3, -0.25) is 4.90 Å². The van der Waals surface area contributed by atoms with E-state index in [2.05, 4.69) is 22.9 Å². The minimum Gasteiger partial charge on any atom is -0.447 e. The fraction of sp³-hybridized carbons (Fsp3) is 0.364. The maximum Gasteiger partial charge on any atom is 0.414 e. The molecule has 0 saturated carbocycles. The molecule has 15 heavy (non-hydrogen) atoms. The number of halogens is 1. The number of benzene rings is 1. The number of carbonyl (C=O) groups excluding carboxylic acids is 1. The number of anilines is 1. The highest BCUT2D eigenvalue weighted by atomic mass is 79.9. The predicted octanol–water partition coefficient (Wildman–Crippen LogP) is 2.97. The van der Waals surface area contributed by atoms with Gasteiger partial charge in [-0.25, -0.2) is 4.79 Å². The molecule has 80 valence electrons. The van der Waals surface area contributed by atoms with E-state index in [1.807, 2.05) is 18.2 Å². The molecule has 0 radical (unpaired) electrons. The van der Waals surface area contributed by atoms with E-state index in [0.29, 0.717) is 13.2 Å². The van der Waals surface area contributed by atoms with Gasteiger partial charge < -0.3 is 4.74 Å². The van der Waals surface area contributed by atoms with Crippen molar-refractivity contribution in [3.63, 3.8) is 0 Å². The molecule has 0 unspecified atom stereocenters. The summed E-state index contributed by atoms with van der Waals surface area (Å²) >= 11 is 3.43. The second-order valence-corrected chi connectivity index (χ2v) is 4.31. The van der Waals surface area contributed by atoms with Crippen LogP contribution in [0.2, 0.25) is 0 Å². The molecule has 1 aromatic rings. The molecule has 0 N–H and O–H groups in total. The first-order valence-electron chi connectivity index (χ1n) is 4.95. The zero-order chi connectivity index (χ0) is 10.8. The van der Waals surface area contributed by atoms with E-state index in [1.54, 1.807) is 4.90 Å². The van der Waals surface area contributed by atoms with E-state index in [0.717, 1.165) is 22.1 Å². The molecule has 4 heteroatoms. The Balaban J connectivity index is 2.38. The third-order valence-corrected chi connectivity index (χ3v) is 2.97. The van der Waals surface area contributed by atoms with Crippen LogP contribution in [-0.2, 0) is 11.2 Å². The number of carbonyl (C=O) groups is 1. The van der Waals surface area contributed by atoms with Crippen LogP contribution in [0.4, 0.5) is 10.5 Å². The van der Waals surface area contributed by atoms with Crippen molar-refractivity contribution < 1.29 is 9.53 Å². The van der Waals surface area contributed by atoms with Crippen molar-refractivity contribution in [1.82, 2.24) is 0 Å². The van der Waals surface area contributed by atoms with Crippen LogP contribution >= 0.6 is 15.9 Å². The van der Waals surface area contributed by atoms with Gasteiger partial charge in [-0.05, 0) is 30.2 Å². The van der Waals surface area contributed by atoms with Gasteiger partial charge in [0.1, 0.15) is 6.61 Å². The van der Waals surface area contributed by atoms with Crippen LogP contribution in [0.1, 0.15) is 12.5 Å². The number of nitrogens with zero attached hydrogens (tertiary/aromatic N) is 1. The highest BCUT2D eigenvalue weighted by Gasteiger charge is 2.25. The number of aryl methyl sites for hydroxylation is 1. The number of hydrogen-bond donors (Lipinski definition) is 0. The van der Waals surface area contributed by atoms with Crippen molar-refractivity contribution in [2.75, 3.05) is 18.1 Å². The Kier molecular flexibility index (Phi) is 2.95. The minimum absolute atomic E-state index is 0.243. The Labute approximate surface area is 97.2 Å². The SMILES string of the molecule is CCc1cc(Br)ccc1N1CCOC1=O. The summed E-state index contributed by atoms with van der Waals surface area (Å²) in [6.45, 7) is 3.21. The van der Waals surface area contributed by atoms with Crippen molar-refractivity contribution in [3.05, 3.63) is 28.2 Å². The van der Waals surface area contributed by atoms with E-state index >= 15 is 0 Å². The molecule has 1 saturated heterocycles. The summed E-state index contributed by atoms with van der Waals surface area (Å²) in [4.78, 5) is 13.1. The van der Waals surface area contributed by atoms with Gasteiger partial charge >= 0.3 is 6.09 Å². The number of rotatable bonds is 2. The molecule has 1 amide bonds. The average Bonchev–Trinajstić information content (AvgIpc) is 2.64. The summed E-state index contributed by atoms with van der Waals surface area (Å²) < 4.78 is 5.96. The molecule has 1 fully saturated rings. The molecule has 0 bridgehead atoms. The number of hydrogen-bond acceptors (Lipinski definition) is 2. The largest absolute Gasteiger partial charge is 0.447 e. The molecule has 0 atom stereocenters. The normalized spacial score (nSPS) is 15.6. The molecule has 0 aliphatic carbocycles. The smallest absolute Gasteiger partial charge is 0.414 e. The lowest BCUT2D eigenvalue weighted by molar-refractivity contribution is 0.181. The molecule has 2 rings (SSSR count). The second-order valence-electron chi connectivity index (χ2n) is 3.39. The van der Waals surface area contributed by atoms with Gasteiger partial charge in [-0.2, -0.15) is 0 Å². The number of ether oxygens (including phenoxy) is 1. The minimum atomic E-state index is -0.243. The molecule has 0 aromatic heterocycles. The lowest BCUT2D eigenvalue weighted by atomic mass is 10.1. The average molecular weight is 270 g/mol. The lowest BCUT2D eigenvalue weighted by Crippen LogP contribution is -2.24. The third-order valence-electron chi connectivity index (χ3n) is 2.47. The first-order valence-corrected chi connectivity index (χ1v) is 5.74. The van der Waals surface area contributed by atoms with E-state index in [4.69, 9.17) is 4.74 Å². The molecule has 1 heterocycles. The molecule has 1 aromatic carbocycles. The van der Waals surface area contributed by atoms with Crippen molar-refractivity contribution in [2.45, 2.75) is 13.3 Å².